The van der Waals surface area contributed by atoms with Crippen LogP contribution in [-0.4, -0.2) is 54.7 Å². The second-order valence-corrected chi connectivity index (χ2v) is 5.69. The molecule has 0 amide bonds. The molecule has 0 atom stereocenters. The van der Waals surface area contributed by atoms with E-state index in [2.05, 4.69) is 32.7 Å². The smallest absolute Gasteiger partial charge is 0.172 e. The van der Waals surface area contributed by atoms with Gasteiger partial charge in [-0.25, -0.2) is 0 Å². The van der Waals surface area contributed by atoms with Crippen molar-refractivity contribution in [3.63, 3.8) is 0 Å². The minimum Gasteiger partial charge on any atom is -0.503 e. The maximum atomic E-state index is 9.80. The lowest BCUT2D eigenvalue weighted by Gasteiger charge is -2.34. The van der Waals surface area contributed by atoms with Crippen LogP contribution in [0.3, 0.4) is 0 Å². The Morgan fingerprint density at radius 2 is 1.84 bits per heavy atom. The average Bonchev–Trinajstić information content (AvgIpc) is 2.43. The highest BCUT2D eigenvalue weighted by Crippen LogP contribution is 2.35. The van der Waals surface area contributed by atoms with Gasteiger partial charge in [-0.05, 0) is 40.2 Å². The van der Waals surface area contributed by atoms with E-state index in [0.717, 1.165) is 44.8 Å². The van der Waals surface area contributed by atoms with Crippen LogP contribution in [-0.2, 0) is 6.54 Å². The summed E-state index contributed by atoms with van der Waals surface area (Å²) in [7, 11) is 1.57. The molecule has 2 rings (SSSR count). The van der Waals surface area contributed by atoms with Gasteiger partial charge < -0.3 is 14.7 Å². The van der Waals surface area contributed by atoms with Gasteiger partial charge in [-0.2, -0.15) is 0 Å². The van der Waals surface area contributed by atoms with Gasteiger partial charge in [0.05, 0.1) is 11.6 Å². The molecule has 1 heterocycles. The van der Waals surface area contributed by atoms with Crippen molar-refractivity contribution in [1.29, 1.82) is 0 Å². The summed E-state index contributed by atoms with van der Waals surface area (Å²) in [5, 5.41) is 9.80. The molecular weight excluding hydrogens is 308 g/mol. The molecule has 0 bridgehead atoms. The summed E-state index contributed by atoms with van der Waals surface area (Å²) in [5.74, 6) is 0.693. The largest absolute Gasteiger partial charge is 0.503 e. The maximum absolute atomic E-state index is 9.80. The van der Waals surface area contributed by atoms with Gasteiger partial charge in [-0.15, -0.1) is 0 Å². The van der Waals surface area contributed by atoms with Crippen molar-refractivity contribution >= 4 is 15.9 Å². The fourth-order valence-electron chi connectivity index (χ4n) is 2.40. The molecule has 0 aromatic heterocycles. The number of likely N-dealkylation sites (N-methyl/N-ethyl adjacent to an activating group) is 1. The van der Waals surface area contributed by atoms with E-state index < -0.39 is 0 Å². The summed E-state index contributed by atoms with van der Waals surface area (Å²) in [6.07, 6.45) is 0. The molecule has 1 aliphatic rings. The molecule has 1 aromatic carbocycles. The number of piperazine rings is 1. The molecule has 0 spiro atoms. The first-order valence-electron chi connectivity index (χ1n) is 6.64. The Hall–Kier alpha value is -0.780. The first-order valence-corrected chi connectivity index (χ1v) is 7.43. The minimum atomic E-state index is 0.169. The lowest BCUT2D eigenvalue weighted by Crippen LogP contribution is -2.45. The van der Waals surface area contributed by atoms with Gasteiger partial charge in [0.25, 0.3) is 0 Å². The predicted octanol–water partition coefficient (Wildman–Crippen LogP) is 2.30. The Morgan fingerprint density at radius 3 is 2.42 bits per heavy atom. The lowest BCUT2D eigenvalue weighted by molar-refractivity contribution is 0.132. The Balaban J connectivity index is 2.02. The molecule has 1 N–H and O–H groups in total. The molecule has 0 aliphatic carbocycles. The van der Waals surface area contributed by atoms with Crippen LogP contribution in [0.4, 0.5) is 0 Å². The van der Waals surface area contributed by atoms with Crippen LogP contribution >= 0.6 is 15.9 Å². The quantitative estimate of drug-likeness (QED) is 0.920. The van der Waals surface area contributed by atoms with E-state index in [1.54, 1.807) is 7.11 Å². The molecule has 0 saturated carbocycles. The number of phenolic OH excluding ortho intramolecular Hbond substituents is 1. The molecule has 5 heteroatoms. The Morgan fingerprint density at radius 1 is 1.21 bits per heavy atom. The number of hydrogen-bond acceptors (Lipinski definition) is 4. The highest BCUT2D eigenvalue weighted by molar-refractivity contribution is 9.10. The first-order chi connectivity index (χ1) is 9.13. The van der Waals surface area contributed by atoms with Crippen LogP contribution in [0.25, 0.3) is 0 Å². The predicted molar refractivity (Wildman–Crippen MR) is 79.7 cm³/mol. The summed E-state index contributed by atoms with van der Waals surface area (Å²) < 4.78 is 5.87. The van der Waals surface area contributed by atoms with E-state index in [1.807, 2.05) is 12.1 Å². The molecule has 0 radical (unpaired) electrons. The van der Waals surface area contributed by atoms with Gasteiger partial charge in [0.1, 0.15) is 0 Å². The highest BCUT2D eigenvalue weighted by Gasteiger charge is 2.17. The van der Waals surface area contributed by atoms with Crippen molar-refractivity contribution < 1.29 is 9.84 Å². The van der Waals surface area contributed by atoms with Crippen molar-refractivity contribution in [1.82, 2.24) is 9.80 Å². The maximum Gasteiger partial charge on any atom is 0.172 e. The molecule has 4 nitrogen and oxygen atoms in total. The summed E-state index contributed by atoms with van der Waals surface area (Å²) in [6.45, 7) is 8.68. The number of benzene rings is 1. The fourth-order valence-corrected chi connectivity index (χ4v) is 2.89. The zero-order chi connectivity index (χ0) is 13.8. The van der Waals surface area contributed by atoms with Crippen molar-refractivity contribution in [2.45, 2.75) is 13.5 Å². The monoisotopic (exact) mass is 328 g/mol. The van der Waals surface area contributed by atoms with Gasteiger partial charge in [0.2, 0.25) is 0 Å². The van der Waals surface area contributed by atoms with Gasteiger partial charge in [0.15, 0.2) is 11.5 Å². The Bertz CT molecular complexity index is 432. The molecule has 1 aliphatic heterocycles. The van der Waals surface area contributed by atoms with E-state index in [0.29, 0.717) is 10.2 Å². The molecular formula is C14H21BrN2O2. The number of hydrogen-bond donors (Lipinski definition) is 1. The number of halogens is 1. The lowest BCUT2D eigenvalue weighted by atomic mass is 10.1. The van der Waals surface area contributed by atoms with Crippen molar-refractivity contribution in [3.05, 3.63) is 22.2 Å². The van der Waals surface area contributed by atoms with E-state index in [9.17, 15) is 5.11 Å². The summed E-state index contributed by atoms with van der Waals surface area (Å²) >= 11 is 3.37. The Kier molecular flexibility index (Phi) is 5.07. The molecule has 1 saturated heterocycles. The number of methoxy groups -OCH3 is 1. The fraction of sp³-hybridized carbons (Fsp3) is 0.571. The minimum absolute atomic E-state index is 0.169. The number of nitrogens with zero attached hydrogens (tertiary/aromatic N) is 2. The molecule has 1 fully saturated rings. The SMILES string of the molecule is CCN1CCN(Cc2cc(Br)c(O)c(OC)c2)CC1. The topological polar surface area (TPSA) is 35.9 Å². The van der Waals surface area contributed by atoms with Crippen LogP contribution in [0.2, 0.25) is 0 Å². The van der Waals surface area contributed by atoms with Crippen molar-refractivity contribution in [2.75, 3.05) is 39.8 Å². The van der Waals surface area contributed by atoms with Gasteiger partial charge >= 0.3 is 0 Å². The van der Waals surface area contributed by atoms with Crippen molar-refractivity contribution in [3.8, 4) is 11.5 Å². The van der Waals surface area contributed by atoms with Crippen LogP contribution < -0.4 is 4.74 Å². The number of ether oxygens (including phenoxy) is 1. The molecule has 106 valence electrons. The third-order valence-electron chi connectivity index (χ3n) is 3.63. The van der Waals surface area contributed by atoms with Crippen LogP contribution in [0.5, 0.6) is 11.5 Å². The number of phenols is 1. The van der Waals surface area contributed by atoms with E-state index in [-0.39, 0.29) is 5.75 Å². The highest BCUT2D eigenvalue weighted by atomic mass is 79.9. The van der Waals surface area contributed by atoms with Gasteiger partial charge in [0, 0.05) is 32.7 Å². The Labute approximate surface area is 123 Å². The average molecular weight is 329 g/mol. The number of aromatic hydroxyl groups is 1. The van der Waals surface area contributed by atoms with Gasteiger partial charge in [-0.3, -0.25) is 4.90 Å². The van der Waals surface area contributed by atoms with Gasteiger partial charge in [-0.1, -0.05) is 6.92 Å². The van der Waals surface area contributed by atoms with Crippen molar-refractivity contribution in [2.24, 2.45) is 0 Å². The van der Waals surface area contributed by atoms with E-state index in [1.165, 1.54) is 0 Å². The van der Waals surface area contributed by atoms with Crippen LogP contribution in [0.1, 0.15) is 12.5 Å². The third-order valence-corrected chi connectivity index (χ3v) is 4.23. The first kappa shape index (κ1) is 14.6. The van der Waals surface area contributed by atoms with E-state index in [4.69, 9.17) is 4.74 Å². The standard InChI is InChI=1S/C14H21BrN2O2/c1-3-16-4-6-17(7-5-16)10-11-8-12(15)14(18)13(9-11)19-2/h8-9,18H,3-7,10H2,1-2H3. The second kappa shape index (κ2) is 6.59. The number of rotatable bonds is 4. The second-order valence-electron chi connectivity index (χ2n) is 4.84. The summed E-state index contributed by atoms with van der Waals surface area (Å²) in [5.41, 5.74) is 1.16. The molecule has 0 unspecified atom stereocenters. The van der Waals surface area contributed by atoms with Crippen LogP contribution in [0.15, 0.2) is 16.6 Å². The normalized spacial score (nSPS) is 17.6. The third kappa shape index (κ3) is 3.61. The molecule has 1 aromatic rings. The zero-order valence-electron chi connectivity index (χ0n) is 11.5. The zero-order valence-corrected chi connectivity index (χ0v) is 13.1. The molecule has 19 heavy (non-hydrogen) atoms. The summed E-state index contributed by atoms with van der Waals surface area (Å²) in [4.78, 5) is 4.90. The van der Waals surface area contributed by atoms with E-state index >= 15 is 0 Å². The summed E-state index contributed by atoms with van der Waals surface area (Å²) in [6, 6.07) is 3.87. The van der Waals surface area contributed by atoms with Crippen LogP contribution in [0, 0.1) is 0 Å².